The molecule has 0 heterocycles. The number of aryl methyl sites for hydroxylation is 1. The third kappa shape index (κ3) is 1.65. The van der Waals surface area contributed by atoms with Gasteiger partial charge in [0.1, 0.15) is 11.3 Å². The second kappa shape index (κ2) is 3.79. The van der Waals surface area contributed by atoms with Crippen molar-refractivity contribution < 1.29 is 15.0 Å². The molecule has 2 aromatic carbocycles. The van der Waals surface area contributed by atoms with E-state index in [1.165, 1.54) is 0 Å². The molecule has 0 saturated carbocycles. The number of benzene rings is 2. The highest BCUT2D eigenvalue weighted by molar-refractivity contribution is 9.10. The lowest BCUT2D eigenvalue weighted by atomic mass is 10.0. The molecule has 2 rings (SSSR count). The van der Waals surface area contributed by atoms with Gasteiger partial charge >= 0.3 is 5.97 Å². The quantitative estimate of drug-likeness (QED) is 0.843. The van der Waals surface area contributed by atoms with Crippen LogP contribution in [0.2, 0.25) is 0 Å². The van der Waals surface area contributed by atoms with Crippen molar-refractivity contribution in [3.8, 4) is 5.75 Å². The van der Waals surface area contributed by atoms with Gasteiger partial charge in [0.05, 0.1) is 0 Å². The summed E-state index contributed by atoms with van der Waals surface area (Å²) in [5, 5.41) is 20.3. The number of halogens is 1. The van der Waals surface area contributed by atoms with Crippen molar-refractivity contribution in [2.45, 2.75) is 6.92 Å². The van der Waals surface area contributed by atoms with Crippen molar-refractivity contribution in [2.75, 3.05) is 0 Å². The van der Waals surface area contributed by atoms with Crippen LogP contribution in [0.5, 0.6) is 5.75 Å². The highest BCUT2D eigenvalue weighted by Gasteiger charge is 2.16. The molecule has 0 amide bonds. The molecule has 4 heteroatoms. The van der Waals surface area contributed by atoms with E-state index >= 15 is 0 Å². The molecule has 0 aliphatic rings. The van der Waals surface area contributed by atoms with Crippen molar-refractivity contribution in [2.24, 2.45) is 0 Å². The van der Waals surface area contributed by atoms with E-state index in [0.717, 1.165) is 9.86 Å². The molecule has 0 aliphatic heterocycles. The van der Waals surface area contributed by atoms with Crippen LogP contribution < -0.4 is 0 Å². The summed E-state index contributed by atoms with van der Waals surface area (Å²) < 4.78 is 0.801. The maximum Gasteiger partial charge on any atom is 0.339 e. The van der Waals surface area contributed by atoms with E-state index in [0.29, 0.717) is 10.9 Å². The zero-order valence-electron chi connectivity index (χ0n) is 8.49. The number of hydrogen-bond acceptors (Lipinski definition) is 2. The zero-order valence-corrected chi connectivity index (χ0v) is 10.1. The Balaban J connectivity index is 2.90. The Morgan fingerprint density at radius 3 is 2.62 bits per heavy atom. The van der Waals surface area contributed by atoms with E-state index in [1.54, 1.807) is 19.1 Å². The molecule has 0 atom stereocenters. The summed E-state index contributed by atoms with van der Waals surface area (Å²) in [4.78, 5) is 11.0. The lowest BCUT2D eigenvalue weighted by molar-refractivity contribution is 0.0693. The summed E-state index contributed by atoms with van der Waals surface area (Å²) in [6.07, 6.45) is 0. The molecule has 0 saturated heterocycles. The first-order chi connectivity index (χ1) is 7.50. The monoisotopic (exact) mass is 280 g/mol. The number of hydrogen-bond donors (Lipinski definition) is 2. The fourth-order valence-electron chi connectivity index (χ4n) is 1.76. The average molecular weight is 281 g/mol. The summed E-state index contributed by atoms with van der Waals surface area (Å²) >= 11 is 3.29. The van der Waals surface area contributed by atoms with Crippen molar-refractivity contribution in [3.05, 3.63) is 39.9 Å². The number of fused-ring (bicyclic) bond motifs is 1. The van der Waals surface area contributed by atoms with Gasteiger partial charge in [-0.2, -0.15) is 0 Å². The predicted molar refractivity (Wildman–Crippen MR) is 65.0 cm³/mol. The van der Waals surface area contributed by atoms with Gasteiger partial charge < -0.3 is 10.2 Å². The van der Waals surface area contributed by atoms with Crippen LogP contribution in [0.25, 0.3) is 10.8 Å². The highest BCUT2D eigenvalue weighted by Crippen LogP contribution is 2.33. The Hall–Kier alpha value is -1.55. The van der Waals surface area contributed by atoms with Gasteiger partial charge in [-0.1, -0.05) is 28.1 Å². The second-order valence-corrected chi connectivity index (χ2v) is 4.50. The van der Waals surface area contributed by atoms with E-state index in [-0.39, 0.29) is 11.3 Å². The maximum absolute atomic E-state index is 11.0. The fraction of sp³-hybridized carbons (Fsp3) is 0.0833. The van der Waals surface area contributed by atoms with Crippen LogP contribution in [0.1, 0.15) is 15.9 Å². The molecule has 2 aromatic rings. The Kier molecular flexibility index (Phi) is 2.59. The molecule has 0 aromatic heterocycles. The van der Waals surface area contributed by atoms with Crippen LogP contribution in [0.4, 0.5) is 0 Å². The molecule has 0 spiro atoms. The van der Waals surface area contributed by atoms with Crippen LogP contribution in [0.3, 0.4) is 0 Å². The Morgan fingerprint density at radius 2 is 2.00 bits per heavy atom. The number of carbonyl (C=O) groups is 1. The smallest absolute Gasteiger partial charge is 0.339 e. The SMILES string of the molecule is Cc1cc2ccc(Br)cc2c(O)c1C(=O)O. The first kappa shape index (κ1) is 11.0. The number of rotatable bonds is 1. The van der Waals surface area contributed by atoms with Crippen molar-refractivity contribution in [3.63, 3.8) is 0 Å². The van der Waals surface area contributed by atoms with Crippen molar-refractivity contribution in [1.29, 1.82) is 0 Å². The zero-order chi connectivity index (χ0) is 11.9. The van der Waals surface area contributed by atoms with Crippen LogP contribution in [-0.4, -0.2) is 16.2 Å². The van der Waals surface area contributed by atoms with E-state index in [1.807, 2.05) is 12.1 Å². The minimum Gasteiger partial charge on any atom is -0.506 e. The summed E-state index contributed by atoms with van der Waals surface area (Å²) in [5.74, 6) is -1.29. The van der Waals surface area contributed by atoms with E-state index in [4.69, 9.17) is 5.11 Å². The number of carboxylic acid groups (broad SMARTS) is 1. The lowest BCUT2D eigenvalue weighted by Crippen LogP contribution is -2.00. The van der Waals surface area contributed by atoms with E-state index in [2.05, 4.69) is 15.9 Å². The lowest BCUT2D eigenvalue weighted by Gasteiger charge is -2.08. The van der Waals surface area contributed by atoms with Crippen LogP contribution >= 0.6 is 15.9 Å². The Bertz CT molecular complexity index is 590. The van der Waals surface area contributed by atoms with Gasteiger partial charge in [-0.3, -0.25) is 0 Å². The first-order valence-corrected chi connectivity index (χ1v) is 5.45. The average Bonchev–Trinajstić information content (AvgIpc) is 2.19. The number of carboxylic acids is 1. The normalized spacial score (nSPS) is 10.6. The summed E-state index contributed by atoms with van der Waals surface area (Å²) in [6.45, 7) is 1.67. The third-order valence-electron chi connectivity index (χ3n) is 2.49. The fourth-order valence-corrected chi connectivity index (χ4v) is 2.12. The minimum atomic E-state index is -1.11. The molecular formula is C12H9BrO3. The molecular weight excluding hydrogens is 272 g/mol. The molecule has 0 fully saturated rings. The van der Waals surface area contributed by atoms with E-state index < -0.39 is 5.97 Å². The maximum atomic E-state index is 11.0. The third-order valence-corrected chi connectivity index (χ3v) is 2.98. The van der Waals surface area contributed by atoms with Crippen LogP contribution in [-0.2, 0) is 0 Å². The molecule has 0 aliphatic carbocycles. The van der Waals surface area contributed by atoms with Crippen LogP contribution in [0, 0.1) is 6.92 Å². The molecule has 0 radical (unpaired) electrons. The Labute approximate surface area is 100 Å². The van der Waals surface area contributed by atoms with E-state index in [9.17, 15) is 9.90 Å². The van der Waals surface area contributed by atoms with Gasteiger partial charge in [-0.05, 0) is 30.0 Å². The standard InChI is InChI=1S/C12H9BrO3/c1-6-4-7-2-3-8(13)5-9(7)11(14)10(6)12(15)16/h2-5,14H,1H3,(H,15,16). The van der Waals surface area contributed by atoms with Gasteiger partial charge in [0.25, 0.3) is 0 Å². The summed E-state index contributed by atoms with van der Waals surface area (Å²) in [5.41, 5.74) is 0.519. The molecule has 16 heavy (non-hydrogen) atoms. The number of phenols is 1. The molecule has 0 bridgehead atoms. The van der Waals surface area contributed by atoms with Gasteiger partial charge in [-0.15, -0.1) is 0 Å². The molecule has 0 unspecified atom stereocenters. The number of aromatic carboxylic acids is 1. The van der Waals surface area contributed by atoms with Crippen molar-refractivity contribution >= 4 is 32.7 Å². The van der Waals surface area contributed by atoms with Crippen LogP contribution in [0.15, 0.2) is 28.7 Å². The first-order valence-electron chi connectivity index (χ1n) is 4.66. The topological polar surface area (TPSA) is 57.5 Å². The number of aromatic hydroxyl groups is 1. The van der Waals surface area contributed by atoms with Gasteiger partial charge in [0.15, 0.2) is 0 Å². The largest absolute Gasteiger partial charge is 0.506 e. The summed E-state index contributed by atoms with van der Waals surface area (Å²) in [6, 6.07) is 7.14. The second-order valence-electron chi connectivity index (χ2n) is 3.59. The Morgan fingerprint density at radius 1 is 1.31 bits per heavy atom. The van der Waals surface area contributed by atoms with Crippen molar-refractivity contribution in [1.82, 2.24) is 0 Å². The van der Waals surface area contributed by atoms with Gasteiger partial charge in [0, 0.05) is 9.86 Å². The molecule has 82 valence electrons. The molecule has 3 nitrogen and oxygen atoms in total. The molecule has 2 N–H and O–H groups in total. The summed E-state index contributed by atoms with van der Waals surface area (Å²) in [7, 11) is 0. The van der Waals surface area contributed by atoms with Gasteiger partial charge in [-0.25, -0.2) is 4.79 Å². The highest BCUT2D eigenvalue weighted by atomic mass is 79.9. The minimum absolute atomic E-state index is 0.0365. The predicted octanol–water partition coefficient (Wildman–Crippen LogP) is 3.31. The van der Waals surface area contributed by atoms with Gasteiger partial charge in [0.2, 0.25) is 0 Å².